The molecule has 1 heterocycles. The summed E-state index contributed by atoms with van der Waals surface area (Å²) in [7, 11) is 7.10. The van der Waals surface area contributed by atoms with Crippen LogP contribution in [0.25, 0.3) is 0 Å². The van der Waals surface area contributed by atoms with Crippen molar-refractivity contribution in [2.24, 2.45) is 41.4 Å². The molecule has 27 heteroatoms. The number of amides is 10. The van der Waals surface area contributed by atoms with Crippen molar-refractivity contribution in [3.63, 3.8) is 0 Å². The number of hydrogen-bond acceptors (Lipinski definition) is 14. The van der Waals surface area contributed by atoms with Crippen molar-refractivity contribution in [3.8, 4) is 0 Å². The third-order valence-electron chi connectivity index (χ3n) is 18.5. The van der Waals surface area contributed by atoms with E-state index in [1.165, 1.54) is 93.9 Å². The van der Waals surface area contributed by atoms with Crippen LogP contribution in [0, 0.1) is 41.4 Å². The van der Waals surface area contributed by atoms with Gasteiger partial charge in [-0.25, -0.2) is 4.21 Å². The van der Waals surface area contributed by atoms with Crippen LogP contribution in [0.2, 0.25) is 18.1 Å². The maximum Gasteiger partial charge on any atom is 0.246 e. The Kier molecular flexibility index (Phi) is 35.8. The molecule has 0 aromatic heterocycles. The molecule has 10 amide bonds. The number of nitrogens with one attached hydrogen (secondary N) is 3. The zero-order valence-corrected chi connectivity index (χ0v) is 64.8. The summed E-state index contributed by atoms with van der Waals surface area (Å²) in [5.41, 5.74) is 0. The molecule has 1 unspecified atom stereocenters. The third kappa shape index (κ3) is 24.0. The summed E-state index contributed by atoms with van der Waals surface area (Å²) < 4.78 is 26.0. The van der Waals surface area contributed by atoms with Crippen molar-refractivity contribution >= 4 is 84.3 Å². The van der Waals surface area contributed by atoms with E-state index in [4.69, 9.17) is 8.61 Å². The minimum Gasteiger partial charge on any atom is -0.412 e. The molecular weight excluding hydrogens is 1240 g/mol. The molecule has 0 spiro atoms. The number of likely N-dealkylation sites (N-methyl/N-ethyl adjacent to an activating group) is 7. The minimum atomic E-state index is -2.98. The van der Waals surface area contributed by atoms with Crippen molar-refractivity contribution in [3.05, 3.63) is 0 Å². The molecule has 1 aliphatic heterocycles. The normalized spacial score (nSPS) is 26.9. The van der Waals surface area contributed by atoms with Crippen molar-refractivity contribution in [2.45, 2.75) is 268 Å². The molecule has 0 aliphatic carbocycles. The van der Waals surface area contributed by atoms with Gasteiger partial charge in [-0.15, -0.1) is 0 Å². The molecule has 1 saturated heterocycles. The van der Waals surface area contributed by atoms with E-state index in [0.717, 1.165) is 9.80 Å². The van der Waals surface area contributed by atoms with Crippen LogP contribution in [0.4, 0.5) is 0 Å². The number of Topliss-reactive ketones (excluding diaryl/α,β-unsaturated/α-hetero) is 1. The lowest BCUT2D eigenvalue weighted by molar-refractivity contribution is -0.158. The van der Waals surface area contributed by atoms with Crippen LogP contribution < -0.4 is 16.0 Å². The number of nitrogens with zero attached hydrogens (tertiary/aromatic N) is 7. The second-order valence-corrected chi connectivity index (χ2v) is 35.8. The Bertz CT molecular complexity index is 2620. The topological polar surface area (TPSA) is 314 Å². The molecule has 1 aliphatic rings. The van der Waals surface area contributed by atoms with Gasteiger partial charge < -0.3 is 60.2 Å². The standard InChI is InChI=1S/C67H124N10O14SSi.H2O/c1-31-47-62(84)71(21)45(16)61(83)72(22)49(33-38(4)5)58(80)70-53(41(10)11)65(87)73(23)48(32-37(2)3)57(79)68-44(15)52(78)36-43(14)60(82)74(24)50(34-39(6)7)63(85)75(25)51(35-40(8)9)64(86)76(26)54(42(12)13)66(88)77(27)55(59(81)69-47)56(46(17)90-92(28)89)91-93(29,30)67(18,19)20;/h37-51,53-56H,31-36H2,1-30H3,(H,68,79)(H,69,81)(H,70,80);1H2/t43-,44-,45-,46+,47-,48-,49+,50-,51-,53-,54-,55-,56-,92?;/m1./s1. The Hall–Kier alpha value is -5.38. The third-order valence-corrected chi connectivity index (χ3v) is 23.6. The Labute approximate surface area is 567 Å². The molecule has 0 bridgehead atoms. The van der Waals surface area contributed by atoms with Gasteiger partial charge in [-0.2, -0.15) is 0 Å². The van der Waals surface area contributed by atoms with Crippen molar-refractivity contribution in [1.29, 1.82) is 0 Å². The number of hydrogen-bond donors (Lipinski definition) is 3. The number of ketones is 1. The molecule has 544 valence electrons. The molecule has 1 fully saturated rings. The van der Waals surface area contributed by atoms with Crippen molar-refractivity contribution in [1.82, 2.24) is 50.2 Å². The summed E-state index contributed by atoms with van der Waals surface area (Å²) in [5.74, 6) is -9.83. The molecule has 94 heavy (non-hydrogen) atoms. The van der Waals surface area contributed by atoms with E-state index >= 15 is 19.2 Å². The van der Waals surface area contributed by atoms with Crippen LogP contribution in [0.3, 0.4) is 0 Å². The number of carbonyl (C=O) groups excluding carboxylic acids is 11. The van der Waals surface area contributed by atoms with Crippen LogP contribution in [0.5, 0.6) is 0 Å². The highest BCUT2D eigenvalue weighted by atomic mass is 32.2. The summed E-state index contributed by atoms with van der Waals surface area (Å²) in [6, 6.07) is -12.4. The van der Waals surface area contributed by atoms with Crippen LogP contribution in [0.15, 0.2) is 0 Å². The molecule has 1 rings (SSSR count). The first-order valence-electron chi connectivity index (χ1n) is 33.4. The highest BCUT2D eigenvalue weighted by Gasteiger charge is 2.50. The predicted molar refractivity (Wildman–Crippen MR) is 370 cm³/mol. The zero-order valence-electron chi connectivity index (χ0n) is 63.0. The minimum absolute atomic E-state index is 0. The smallest absolute Gasteiger partial charge is 0.246 e. The number of rotatable bonds is 17. The van der Waals surface area contributed by atoms with Crippen molar-refractivity contribution in [2.75, 3.05) is 55.6 Å². The van der Waals surface area contributed by atoms with E-state index in [-0.39, 0.29) is 67.7 Å². The monoisotopic (exact) mass is 1370 g/mol. The number of carbonyl (C=O) groups is 11. The van der Waals surface area contributed by atoms with Crippen LogP contribution >= 0.6 is 0 Å². The lowest BCUT2D eigenvalue weighted by atomic mass is 9.94. The fourth-order valence-corrected chi connectivity index (χ4v) is 13.4. The van der Waals surface area contributed by atoms with Gasteiger partial charge >= 0.3 is 0 Å². The first-order valence-corrected chi connectivity index (χ1v) is 37.8. The fourth-order valence-electron chi connectivity index (χ4n) is 11.5. The Morgan fingerprint density at radius 3 is 1.30 bits per heavy atom. The van der Waals surface area contributed by atoms with E-state index in [0.29, 0.717) is 0 Å². The zero-order chi connectivity index (χ0) is 72.7. The summed E-state index contributed by atoms with van der Waals surface area (Å²) >= 11 is -1.92. The van der Waals surface area contributed by atoms with Gasteiger partial charge in [0, 0.05) is 67.9 Å². The SMILES string of the molecule is CC[C@H]1NC(=O)[C@@H]([C@H](O[Si](C)(C)C(C)(C)C)[C@H](C)OS(C)=O)N(C)C(=O)[C@@H](C(C)C)N(C)C(=O)[C@@H](CC(C)C)N(C)C(=O)[C@@H](CC(C)C)N(C)C(=O)[C@H](C)CC(=O)[C@@H](C)NC(=O)[C@@H](CC(C)C)N(C)C(=O)[C@@H](C(C)C)NC(=O)[C@H](CC(C)C)N(C)C(=O)[C@@H](C)N(C)C1=O.O. The second kappa shape index (κ2) is 37.9. The second-order valence-electron chi connectivity index (χ2n) is 30.1. The van der Waals surface area contributed by atoms with E-state index in [2.05, 4.69) is 16.0 Å². The lowest BCUT2D eigenvalue weighted by Gasteiger charge is -2.45. The Balaban J connectivity index is 0.0000865. The Morgan fingerprint density at radius 2 is 0.894 bits per heavy atom. The van der Waals surface area contributed by atoms with Gasteiger partial charge in [0.1, 0.15) is 60.5 Å². The first-order chi connectivity index (χ1) is 42.4. The average Bonchev–Trinajstić information content (AvgIpc) is 0.789. The van der Waals surface area contributed by atoms with Crippen LogP contribution in [-0.4, -0.2) is 245 Å². The van der Waals surface area contributed by atoms with Gasteiger partial charge in [-0.3, -0.25) is 56.9 Å². The fraction of sp³-hybridized carbons (Fsp3) is 0.836. The van der Waals surface area contributed by atoms with E-state index in [1.54, 1.807) is 48.5 Å². The largest absolute Gasteiger partial charge is 0.412 e. The molecule has 0 radical (unpaired) electrons. The summed E-state index contributed by atoms with van der Waals surface area (Å²) in [4.78, 5) is 173. The van der Waals surface area contributed by atoms with Gasteiger partial charge in [0.25, 0.3) is 0 Å². The molecule has 5 N–H and O–H groups in total. The van der Waals surface area contributed by atoms with Gasteiger partial charge in [0.15, 0.2) is 25.2 Å². The summed E-state index contributed by atoms with van der Waals surface area (Å²) in [6.45, 7) is 39.5. The van der Waals surface area contributed by atoms with Gasteiger partial charge in [-0.1, -0.05) is 118 Å². The molecule has 25 nitrogen and oxygen atoms in total. The molecule has 0 aromatic carbocycles. The Morgan fingerprint density at radius 1 is 0.500 bits per heavy atom. The maximum absolute atomic E-state index is 15.7. The summed E-state index contributed by atoms with van der Waals surface area (Å²) in [6.07, 6.45) is -0.911. The molecular formula is C67H126N10O15SSi. The highest BCUT2D eigenvalue weighted by Crippen LogP contribution is 2.39. The predicted octanol–water partition coefficient (Wildman–Crippen LogP) is 5.05. The summed E-state index contributed by atoms with van der Waals surface area (Å²) in [5, 5.41) is 8.05. The van der Waals surface area contributed by atoms with Crippen LogP contribution in [-0.2, 0) is 72.4 Å². The van der Waals surface area contributed by atoms with E-state index < -0.39 is 180 Å². The maximum atomic E-state index is 15.7. The van der Waals surface area contributed by atoms with E-state index in [9.17, 15) is 37.8 Å². The molecule has 14 atom stereocenters. The average molecular weight is 1370 g/mol. The quantitative estimate of drug-likeness (QED) is 0.161. The van der Waals surface area contributed by atoms with Gasteiger partial charge in [0.2, 0.25) is 59.1 Å². The van der Waals surface area contributed by atoms with Crippen molar-refractivity contribution < 1.29 is 71.0 Å². The van der Waals surface area contributed by atoms with Gasteiger partial charge in [0.05, 0.1) is 12.1 Å². The van der Waals surface area contributed by atoms with E-state index in [1.807, 2.05) is 89.3 Å². The van der Waals surface area contributed by atoms with Crippen LogP contribution in [0.1, 0.15) is 177 Å². The highest BCUT2D eigenvalue weighted by molar-refractivity contribution is 7.79. The first kappa shape index (κ1) is 88.6. The molecule has 0 saturated carbocycles. The van der Waals surface area contributed by atoms with Gasteiger partial charge in [-0.05, 0) is 107 Å². The lowest BCUT2D eigenvalue weighted by Crippen LogP contribution is -2.66. The molecule has 0 aromatic rings.